The number of primary amides is 1. The van der Waals surface area contributed by atoms with Crippen molar-refractivity contribution in [2.45, 2.75) is 20.3 Å². The van der Waals surface area contributed by atoms with Gasteiger partial charge in [-0.05, 0) is 76.5 Å². The van der Waals surface area contributed by atoms with Crippen molar-refractivity contribution in [3.05, 3.63) is 70.8 Å². The van der Waals surface area contributed by atoms with Crippen molar-refractivity contribution in [1.82, 2.24) is 9.80 Å². The third-order valence-electron chi connectivity index (χ3n) is 4.01. The molecule has 2 N–H and O–H groups in total. The van der Waals surface area contributed by atoms with Gasteiger partial charge in [-0.25, -0.2) is 0 Å². The van der Waals surface area contributed by atoms with Gasteiger partial charge in [-0.3, -0.25) is 14.5 Å². The molecular formula is C26H34N6O4. The van der Waals surface area contributed by atoms with Gasteiger partial charge in [0.1, 0.15) is 0 Å². The Hall–Kier alpha value is -4.09. The van der Waals surface area contributed by atoms with Crippen molar-refractivity contribution in [3.8, 4) is 12.1 Å². The van der Waals surface area contributed by atoms with Crippen molar-refractivity contribution < 1.29 is 19.1 Å². The van der Waals surface area contributed by atoms with Crippen LogP contribution in [0.4, 0.5) is 0 Å². The number of carbonyl (C=O) groups is 2. The summed E-state index contributed by atoms with van der Waals surface area (Å²) >= 11 is 0. The van der Waals surface area contributed by atoms with Crippen LogP contribution in [0.5, 0.6) is 0 Å². The summed E-state index contributed by atoms with van der Waals surface area (Å²) in [6.07, 6.45) is 1.26. The summed E-state index contributed by atoms with van der Waals surface area (Å²) in [5.74, 6) is -0.789. The van der Waals surface area contributed by atoms with E-state index in [4.69, 9.17) is 25.7 Å². The Morgan fingerprint density at radius 1 is 0.889 bits per heavy atom. The Kier molecular flexibility index (Phi) is 16.2. The normalized spacial score (nSPS) is 9.94. The summed E-state index contributed by atoms with van der Waals surface area (Å²) in [7, 11) is 7.43. The topological polar surface area (TPSA) is 145 Å². The van der Waals surface area contributed by atoms with Crippen LogP contribution in [-0.2, 0) is 9.47 Å². The van der Waals surface area contributed by atoms with Crippen molar-refractivity contribution in [2.24, 2.45) is 10.7 Å². The predicted octanol–water partition coefficient (Wildman–Crippen LogP) is 2.85. The molecule has 36 heavy (non-hydrogen) atoms. The van der Waals surface area contributed by atoms with E-state index < -0.39 is 5.91 Å². The summed E-state index contributed by atoms with van der Waals surface area (Å²) in [5.41, 5.74) is 6.94. The Morgan fingerprint density at radius 3 is 1.61 bits per heavy atom. The van der Waals surface area contributed by atoms with Crippen LogP contribution in [-0.4, -0.2) is 75.8 Å². The molecule has 2 rings (SSSR count). The molecule has 192 valence electrons. The zero-order chi connectivity index (χ0) is 27.5. The first-order valence-corrected chi connectivity index (χ1v) is 11.0. The predicted molar refractivity (Wildman–Crippen MR) is 138 cm³/mol. The minimum absolute atomic E-state index is 0.185. The van der Waals surface area contributed by atoms with E-state index in [0.717, 1.165) is 0 Å². The molecule has 0 radical (unpaired) electrons. The van der Waals surface area contributed by atoms with E-state index in [0.29, 0.717) is 35.5 Å². The average molecular weight is 495 g/mol. The van der Waals surface area contributed by atoms with Crippen LogP contribution in [0.25, 0.3) is 0 Å². The second-order valence-electron chi connectivity index (χ2n) is 7.44. The molecule has 0 heterocycles. The molecule has 0 spiro atoms. The molecule has 2 amide bonds. The largest absolute Gasteiger partial charge is 0.369 e. The van der Waals surface area contributed by atoms with Crippen LogP contribution in [0.3, 0.4) is 0 Å². The summed E-state index contributed by atoms with van der Waals surface area (Å²) < 4.78 is 10.5. The molecule has 0 aromatic heterocycles. The highest BCUT2D eigenvalue weighted by molar-refractivity contribution is 5.98. The number of aliphatic imine (C=N–C) groups is 1. The Morgan fingerprint density at radius 2 is 1.31 bits per heavy atom. The van der Waals surface area contributed by atoms with Crippen LogP contribution >= 0.6 is 0 Å². The lowest BCUT2D eigenvalue weighted by Crippen LogP contribution is -2.33. The first-order valence-electron chi connectivity index (χ1n) is 11.0. The molecule has 0 aliphatic heterocycles. The van der Waals surface area contributed by atoms with Gasteiger partial charge in [-0.2, -0.15) is 15.5 Å². The van der Waals surface area contributed by atoms with Gasteiger partial charge in [-0.15, -0.1) is 0 Å². The van der Waals surface area contributed by atoms with Crippen molar-refractivity contribution in [1.29, 1.82) is 10.5 Å². The second kappa shape index (κ2) is 18.3. The zero-order valence-corrected chi connectivity index (χ0v) is 21.6. The van der Waals surface area contributed by atoms with Gasteiger partial charge in [0.2, 0.25) is 12.3 Å². The van der Waals surface area contributed by atoms with Gasteiger partial charge >= 0.3 is 0 Å². The lowest BCUT2D eigenvalue weighted by atomic mass is 10.1. The molecule has 0 aliphatic carbocycles. The smallest absolute Gasteiger partial charge is 0.278 e. The van der Waals surface area contributed by atoms with Crippen LogP contribution in [0.1, 0.15) is 45.7 Å². The molecule has 2 aromatic carbocycles. The van der Waals surface area contributed by atoms with Crippen LogP contribution in [0.2, 0.25) is 0 Å². The van der Waals surface area contributed by atoms with E-state index in [9.17, 15) is 9.59 Å². The molecule has 2 aromatic rings. The Bertz CT molecular complexity index is 1030. The zero-order valence-electron chi connectivity index (χ0n) is 21.6. The first kappa shape index (κ1) is 31.9. The third kappa shape index (κ3) is 13.6. The SMILES string of the molecule is CCOC(OCC)N(C)C.CN(C)C=NC(=O)c1ccc(C#N)cc1.N#Cc1ccc(C(N)=O)cc1. The lowest BCUT2D eigenvalue weighted by molar-refractivity contribution is -0.206. The molecule has 0 aliphatic rings. The van der Waals surface area contributed by atoms with Crippen LogP contribution < -0.4 is 5.73 Å². The highest BCUT2D eigenvalue weighted by Crippen LogP contribution is 2.04. The third-order valence-corrected chi connectivity index (χ3v) is 4.01. The van der Waals surface area contributed by atoms with Gasteiger partial charge in [-0.1, -0.05) is 0 Å². The number of nitriles is 2. The van der Waals surface area contributed by atoms with Crippen LogP contribution in [0.15, 0.2) is 53.5 Å². The number of benzene rings is 2. The fraction of sp³-hybridized carbons (Fsp3) is 0.346. The molecule has 10 nitrogen and oxygen atoms in total. The quantitative estimate of drug-likeness (QED) is 0.335. The molecule has 0 bridgehead atoms. The molecule has 0 saturated carbocycles. The summed E-state index contributed by atoms with van der Waals surface area (Å²) in [4.78, 5) is 29.3. The average Bonchev–Trinajstić information content (AvgIpc) is 2.87. The minimum atomic E-state index is -0.477. The molecule has 0 unspecified atom stereocenters. The number of rotatable bonds is 8. The van der Waals surface area contributed by atoms with Crippen molar-refractivity contribution in [3.63, 3.8) is 0 Å². The van der Waals surface area contributed by atoms with E-state index in [1.807, 2.05) is 45.0 Å². The van der Waals surface area contributed by atoms with Crippen molar-refractivity contribution >= 4 is 18.2 Å². The van der Waals surface area contributed by atoms with E-state index in [2.05, 4.69) is 4.99 Å². The maximum atomic E-state index is 11.4. The van der Waals surface area contributed by atoms with Gasteiger partial charge < -0.3 is 20.1 Å². The van der Waals surface area contributed by atoms with E-state index in [1.165, 1.54) is 18.5 Å². The number of hydrogen-bond donors (Lipinski definition) is 1. The fourth-order valence-corrected chi connectivity index (χ4v) is 2.27. The van der Waals surface area contributed by atoms with E-state index >= 15 is 0 Å². The number of nitrogens with zero attached hydrogens (tertiary/aromatic N) is 5. The second-order valence-corrected chi connectivity index (χ2v) is 7.44. The van der Waals surface area contributed by atoms with Gasteiger partial charge in [0.25, 0.3) is 5.91 Å². The molecule has 0 fully saturated rings. The number of amides is 2. The van der Waals surface area contributed by atoms with Crippen molar-refractivity contribution in [2.75, 3.05) is 41.4 Å². The molecule has 0 atom stereocenters. The summed E-state index contributed by atoms with van der Waals surface area (Å²) in [5, 5.41) is 17.0. The molecule has 10 heteroatoms. The monoisotopic (exact) mass is 494 g/mol. The van der Waals surface area contributed by atoms with Crippen LogP contribution in [0, 0.1) is 22.7 Å². The number of ether oxygens (including phenoxy) is 2. The molecular weight excluding hydrogens is 460 g/mol. The number of nitrogens with two attached hydrogens (primary N) is 1. The highest BCUT2D eigenvalue weighted by atomic mass is 16.7. The van der Waals surface area contributed by atoms with Gasteiger partial charge in [0, 0.05) is 38.4 Å². The van der Waals surface area contributed by atoms with E-state index in [-0.39, 0.29) is 12.3 Å². The first-order chi connectivity index (χ1) is 17.1. The standard InChI is InChI=1S/C11H11N3O.C8H6N2O.C7H17NO2/c1-14(2)8-13-11(15)10-5-3-9(7-12)4-6-10;9-5-6-1-3-7(4-2-6)8(10)11;1-5-9-7(8(3)4)10-6-2/h3-6,8H,1-2H3;1-4H,(H2,10,11);7H,5-6H2,1-4H3. The fourth-order valence-electron chi connectivity index (χ4n) is 2.27. The summed E-state index contributed by atoms with van der Waals surface area (Å²) in [6, 6.07) is 16.5. The van der Waals surface area contributed by atoms with Gasteiger partial charge in [0.05, 0.1) is 29.6 Å². The van der Waals surface area contributed by atoms with Gasteiger partial charge in [0.15, 0.2) is 0 Å². The van der Waals surface area contributed by atoms with E-state index in [1.54, 1.807) is 55.4 Å². The Balaban J connectivity index is 0.000000525. The maximum absolute atomic E-state index is 11.4. The highest BCUT2D eigenvalue weighted by Gasteiger charge is 2.08. The lowest BCUT2D eigenvalue weighted by Gasteiger charge is -2.22. The number of hydrogen-bond acceptors (Lipinski definition) is 7. The Labute approximate surface area is 213 Å². The molecule has 0 saturated heterocycles. The number of carbonyl (C=O) groups excluding carboxylic acids is 2. The maximum Gasteiger partial charge on any atom is 0.278 e. The summed E-state index contributed by atoms with van der Waals surface area (Å²) in [6.45, 7) is 5.27. The minimum Gasteiger partial charge on any atom is -0.369 e.